The zero-order valence-electron chi connectivity index (χ0n) is 25.6. The van der Waals surface area contributed by atoms with Crippen LogP contribution in [0.5, 0.6) is 17.2 Å². The average molecular weight is 633 g/mol. The van der Waals surface area contributed by atoms with Gasteiger partial charge in [-0.2, -0.15) is 0 Å². The molecule has 0 amide bonds. The Labute approximate surface area is 270 Å². The van der Waals surface area contributed by atoms with Gasteiger partial charge in [0, 0.05) is 0 Å². The van der Waals surface area contributed by atoms with E-state index in [-0.39, 0.29) is 12.2 Å². The number of carbonyl (C=O) groups excluding carboxylic acids is 1. The number of esters is 1. The summed E-state index contributed by atoms with van der Waals surface area (Å²) in [5.74, 6) is 1.28. The molecule has 0 aliphatic carbocycles. The highest BCUT2D eigenvalue weighted by Gasteiger charge is 2.33. The van der Waals surface area contributed by atoms with Crippen LogP contribution >= 0.6 is 11.3 Å². The molecule has 2 heterocycles. The van der Waals surface area contributed by atoms with E-state index in [1.54, 1.807) is 43.9 Å². The summed E-state index contributed by atoms with van der Waals surface area (Å²) < 4.78 is 24.6. The van der Waals surface area contributed by atoms with Crippen LogP contribution < -0.4 is 29.1 Å². The van der Waals surface area contributed by atoms with Gasteiger partial charge in [-0.1, -0.05) is 90.2 Å². The van der Waals surface area contributed by atoms with Gasteiger partial charge >= 0.3 is 5.97 Å². The molecule has 6 rings (SSSR count). The highest BCUT2D eigenvalue weighted by Crippen LogP contribution is 2.32. The lowest BCUT2D eigenvalue weighted by Gasteiger charge is -2.25. The monoisotopic (exact) mass is 632 g/mol. The van der Waals surface area contributed by atoms with Crippen LogP contribution in [0, 0.1) is 0 Å². The normalized spacial score (nSPS) is 14.3. The van der Waals surface area contributed by atoms with E-state index in [0.29, 0.717) is 44.5 Å². The van der Waals surface area contributed by atoms with Crippen LogP contribution in [-0.4, -0.2) is 24.8 Å². The van der Waals surface area contributed by atoms with Gasteiger partial charge < -0.3 is 18.9 Å². The summed E-state index contributed by atoms with van der Waals surface area (Å²) in [5.41, 5.74) is 3.93. The molecule has 8 nitrogen and oxygen atoms in total. The van der Waals surface area contributed by atoms with Gasteiger partial charge in [0.05, 0.1) is 36.1 Å². The second-order valence-electron chi connectivity index (χ2n) is 10.6. The quantitative estimate of drug-likeness (QED) is 0.187. The van der Waals surface area contributed by atoms with Crippen LogP contribution in [-0.2, 0) is 22.7 Å². The second-order valence-corrected chi connectivity index (χ2v) is 11.6. The van der Waals surface area contributed by atoms with Crippen molar-refractivity contribution in [3.05, 3.63) is 156 Å². The highest BCUT2D eigenvalue weighted by atomic mass is 32.1. The van der Waals surface area contributed by atoms with Gasteiger partial charge in [-0.3, -0.25) is 9.36 Å². The molecule has 0 saturated heterocycles. The minimum atomic E-state index is -0.754. The van der Waals surface area contributed by atoms with E-state index < -0.39 is 12.0 Å². The first-order valence-corrected chi connectivity index (χ1v) is 15.5. The van der Waals surface area contributed by atoms with Crippen LogP contribution in [0.2, 0.25) is 0 Å². The number of ether oxygens (including phenoxy) is 4. The zero-order valence-corrected chi connectivity index (χ0v) is 26.5. The maximum atomic E-state index is 14.1. The van der Waals surface area contributed by atoms with E-state index in [9.17, 15) is 9.59 Å². The van der Waals surface area contributed by atoms with Crippen molar-refractivity contribution in [2.45, 2.75) is 26.2 Å². The molecule has 0 saturated carbocycles. The van der Waals surface area contributed by atoms with E-state index in [1.165, 1.54) is 11.3 Å². The van der Waals surface area contributed by atoms with Crippen LogP contribution in [0.4, 0.5) is 0 Å². The third-order valence-corrected chi connectivity index (χ3v) is 8.59. The Bertz CT molecular complexity index is 2070. The molecule has 1 unspecified atom stereocenters. The number of aromatic nitrogens is 1. The lowest BCUT2D eigenvalue weighted by Crippen LogP contribution is -2.39. The Balaban J connectivity index is 1.39. The molecule has 0 spiro atoms. The molecule has 5 aromatic rings. The van der Waals surface area contributed by atoms with E-state index in [1.807, 2.05) is 91.0 Å². The number of hydrogen-bond acceptors (Lipinski definition) is 8. The van der Waals surface area contributed by atoms with Gasteiger partial charge in [-0.25, -0.2) is 9.79 Å². The van der Waals surface area contributed by atoms with Gasteiger partial charge in [0.2, 0.25) is 0 Å². The number of thiazole rings is 1. The predicted molar refractivity (Wildman–Crippen MR) is 177 cm³/mol. The molecule has 1 aromatic heterocycles. The molecular weight excluding hydrogens is 600 g/mol. The number of hydrogen-bond donors (Lipinski definition) is 0. The largest absolute Gasteiger partial charge is 0.493 e. The van der Waals surface area contributed by atoms with Gasteiger partial charge in [0.1, 0.15) is 19.0 Å². The Hall–Kier alpha value is -5.41. The Morgan fingerprint density at radius 2 is 1.50 bits per heavy atom. The number of nitrogens with zero attached hydrogens (tertiary/aromatic N) is 2. The van der Waals surface area contributed by atoms with Gasteiger partial charge in [-0.15, -0.1) is 0 Å². The van der Waals surface area contributed by atoms with Crippen molar-refractivity contribution < 1.29 is 23.7 Å². The highest BCUT2D eigenvalue weighted by molar-refractivity contribution is 7.07. The molecule has 1 aliphatic heterocycles. The molecule has 1 aliphatic rings. The molecular formula is C37H32N2O6S. The number of fused-ring (bicyclic) bond motifs is 1. The Morgan fingerprint density at radius 1 is 0.848 bits per heavy atom. The van der Waals surface area contributed by atoms with Crippen molar-refractivity contribution >= 4 is 23.4 Å². The topological polar surface area (TPSA) is 88.4 Å². The van der Waals surface area contributed by atoms with Crippen molar-refractivity contribution in [1.29, 1.82) is 0 Å². The van der Waals surface area contributed by atoms with Gasteiger partial charge in [0.15, 0.2) is 16.3 Å². The number of carbonyl (C=O) groups is 1. The summed E-state index contributed by atoms with van der Waals surface area (Å²) in [7, 11) is 3.14. The van der Waals surface area contributed by atoms with Crippen LogP contribution in [0.3, 0.4) is 0 Å². The van der Waals surface area contributed by atoms with E-state index >= 15 is 0 Å². The summed E-state index contributed by atoms with van der Waals surface area (Å²) >= 11 is 1.26. The average Bonchev–Trinajstić information content (AvgIpc) is 3.40. The molecule has 1 atom stereocenters. The first-order chi connectivity index (χ1) is 22.4. The fourth-order valence-corrected chi connectivity index (χ4v) is 6.33. The summed E-state index contributed by atoms with van der Waals surface area (Å²) in [6.45, 7) is 2.29. The predicted octanol–water partition coefficient (Wildman–Crippen LogP) is 5.57. The van der Waals surface area contributed by atoms with Crippen LogP contribution in [0.1, 0.15) is 35.2 Å². The van der Waals surface area contributed by atoms with Crippen molar-refractivity contribution in [2.24, 2.45) is 4.99 Å². The summed E-state index contributed by atoms with van der Waals surface area (Å²) in [5, 5.41) is 0. The molecule has 4 aromatic carbocycles. The maximum absolute atomic E-state index is 14.1. The lowest BCUT2D eigenvalue weighted by atomic mass is 9.96. The minimum absolute atomic E-state index is 0.0964. The van der Waals surface area contributed by atoms with Crippen molar-refractivity contribution in [1.82, 2.24) is 4.57 Å². The van der Waals surface area contributed by atoms with E-state index in [4.69, 9.17) is 23.9 Å². The number of rotatable bonds is 10. The van der Waals surface area contributed by atoms with Gasteiger partial charge in [-0.05, 0) is 59.5 Å². The third kappa shape index (κ3) is 6.50. The number of allylic oxidation sites excluding steroid dienone is 1. The molecule has 46 heavy (non-hydrogen) atoms. The van der Waals surface area contributed by atoms with Crippen LogP contribution in [0.25, 0.3) is 6.08 Å². The fourth-order valence-electron chi connectivity index (χ4n) is 5.28. The number of benzene rings is 4. The first kappa shape index (κ1) is 30.6. The second kappa shape index (κ2) is 13.7. The van der Waals surface area contributed by atoms with Crippen molar-refractivity contribution in [3.8, 4) is 17.2 Å². The standard InChI is InChI=1S/C37H32N2O6S/c1-24-33(36(41)45-23-26-12-8-5-9-13-26)34(28-15-17-29(18-16-28)44-22-25-10-6-4-7-11-25)39-35(40)32(46-37(39)38-24)21-27-14-19-30(42-2)31(20-27)43-3/h4-21,34H,22-23H2,1-3H3. The van der Waals surface area contributed by atoms with Crippen molar-refractivity contribution in [3.63, 3.8) is 0 Å². The van der Waals surface area contributed by atoms with Crippen LogP contribution in [0.15, 0.2) is 124 Å². The molecule has 0 N–H and O–H groups in total. The molecule has 9 heteroatoms. The molecule has 0 bridgehead atoms. The molecule has 0 fully saturated rings. The fraction of sp³-hybridized carbons (Fsp3) is 0.162. The van der Waals surface area contributed by atoms with Gasteiger partial charge in [0.25, 0.3) is 5.56 Å². The lowest BCUT2D eigenvalue weighted by molar-refractivity contribution is -0.140. The van der Waals surface area contributed by atoms with E-state index in [2.05, 4.69) is 0 Å². The minimum Gasteiger partial charge on any atom is -0.493 e. The van der Waals surface area contributed by atoms with Crippen molar-refractivity contribution in [2.75, 3.05) is 14.2 Å². The first-order valence-electron chi connectivity index (χ1n) is 14.7. The summed E-state index contributed by atoms with van der Waals surface area (Å²) in [6.07, 6.45) is 1.79. The number of methoxy groups -OCH3 is 2. The smallest absolute Gasteiger partial charge is 0.338 e. The summed E-state index contributed by atoms with van der Waals surface area (Å²) in [4.78, 5) is 33.0. The SMILES string of the molecule is COc1ccc(C=c2sc3n(c2=O)C(c2ccc(OCc4ccccc4)cc2)C(C(=O)OCc2ccccc2)=C(C)N=3)cc1OC. The molecule has 232 valence electrons. The van der Waals surface area contributed by atoms with E-state index in [0.717, 1.165) is 22.3 Å². The zero-order chi connectivity index (χ0) is 32.0. The third-order valence-electron chi connectivity index (χ3n) is 7.60. The Morgan fingerprint density at radius 3 is 2.15 bits per heavy atom. The summed E-state index contributed by atoms with van der Waals surface area (Å²) in [6, 6.07) is 31.5. The molecule has 0 radical (unpaired) electrons. The Kier molecular flexibility index (Phi) is 9.12. The maximum Gasteiger partial charge on any atom is 0.338 e.